The molecule has 0 aliphatic carbocycles. The maximum absolute atomic E-state index is 13.3. The van der Waals surface area contributed by atoms with Gasteiger partial charge in [0.15, 0.2) is 0 Å². The van der Waals surface area contributed by atoms with E-state index >= 15 is 0 Å². The van der Waals surface area contributed by atoms with Crippen molar-refractivity contribution in [1.29, 1.82) is 0 Å². The molecule has 35 heavy (non-hydrogen) atoms. The van der Waals surface area contributed by atoms with E-state index in [1.807, 2.05) is 44.2 Å². The molecule has 0 heterocycles. The van der Waals surface area contributed by atoms with E-state index in [0.29, 0.717) is 32.5 Å². The number of rotatable bonds is 16. The van der Waals surface area contributed by atoms with Crippen LogP contribution in [0.3, 0.4) is 0 Å². The average Bonchev–Trinajstić information content (AvgIpc) is 2.84. The molecular formula is C26H38FN3O4S. The third-order valence-electron chi connectivity index (χ3n) is 5.63. The molecule has 9 heteroatoms. The molecule has 2 aromatic carbocycles. The zero-order valence-corrected chi connectivity index (χ0v) is 21.4. The molecule has 2 atom stereocenters. The Balaban J connectivity index is 2.00. The summed E-state index contributed by atoms with van der Waals surface area (Å²) in [5.41, 5.74) is 1.82. The van der Waals surface area contributed by atoms with Gasteiger partial charge in [0.1, 0.15) is 5.82 Å². The third-order valence-corrected chi connectivity index (χ3v) is 7.50. The second-order valence-corrected chi connectivity index (χ2v) is 10.7. The number of halogens is 1. The molecule has 3 N–H and O–H groups in total. The third kappa shape index (κ3) is 10.4. The lowest BCUT2D eigenvalue weighted by atomic mass is 10.0. The molecule has 0 spiro atoms. The molecule has 2 aromatic rings. The van der Waals surface area contributed by atoms with Crippen molar-refractivity contribution >= 4 is 15.9 Å². The number of aliphatic hydroxyl groups is 1. The number of aliphatic hydroxyl groups excluding tert-OH is 1. The molecular weight excluding hydrogens is 469 g/mol. The molecule has 0 radical (unpaired) electrons. The normalized spacial score (nSPS) is 13.5. The molecule has 1 amide bonds. The molecule has 0 saturated carbocycles. The van der Waals surface area contributed by atoms with Gasteiger partial charge in [-0.2, -0.15) is 0 Å². The van der Waals surface area contributed by atoms with Crippen LogP contribution in [0.1, 0.15) is 44.2 Å². The summed E-state index contributed by atoms with van der Waals surface area (Å²) in [5.74, 6) is -1.10. The fraction of sp³-hybridized carbons (Fsp3) is 0.500. The average molecular weight is 508 g/mol. The minimum absolute atomic E-state index is 0.198. The van der Waals surface area contributed by atoms with Crippen LogP contribution in [0, 0.1) is 5.82 Å². The minimum Gasteiger partial charge on any atom is -0.390 e. The van der Waals surface area contributed by atoms with E-state index in [9.17, 15) is 22.7 Å². The topological polar surface area (TPSA) is 98.7 Å². The van der Waals surface area contributed by atoms with Crippen molar-refractivity contribution in [3.63, 3.8) is 0 Å². The van der Waals surface area contributed by atoms with Gasteiger partial charge in [-0.05, 0) is 42.5 Å². The molecule has 2 rings (SSSR count). The zero-order valence-electron chi connectivity index (χ0n) is 20.6. The summed E-state index contributed by atoms with van der Waals surface area (Å²) in [6, 6.07) is 14.9. The summed E-state index contributed by atoms with van der Waals surface area (Å²) in [4.78, 5) is 12.7. The molecule has 0 aliphatic heterocycles. The predicted molar refractivity (Wildman–Crippen MR) is 137 cm³/mol. The highest BCUT2D eigenvalue weighted by Gasteiger charge is 2.25. The van der Waals surface area contributed by atoms with E-state index in [1.165, 1.54) is 16.4 Å². The van der Waals surface area contributed by atoms with Crippen molar-refractivity contribution in [1.82, 2.24) is 14.9 Å². The van der Waals surface area contributed by atoms with Gasteiger partial charge in [-0.25, -0.2) is 17.1 Å². The second kappa shape index (κ2) is 14.9. The number of sulfonamides is 1. The fourth-order valence-corrected chi connectivity index (χ4v) is 5.40. The number of carbonyl (C=O) groups is 1. The van der Waals surface area contributed by atoms with Gasteiger partial charge in [-0.3, -0.25) is 4.79 Å². The van der Waals surface area contributed by atoms with Crippen molar-refractivity contribution in [2.45, 2.75) is 58.2 Å². The maximum Gasteiger partial charge on any atom is 0.221 e. The lowest BCUT2D eigenvalue weighted by Crippen LogP contribution is -2.49. The molecule has 0 fully saturated rings. The first-order valence-corrected chi connectivity index (χ1v) is 13.8. The Hall–Kier alpha value is -2.33. The Bertz CT molecular complexity index is 981. The number of amides is 1. The van der Waals surface area contributed by atoms with Crippen LogP contribution in [0.15, 0.2) is 54.6 Å². The quantitative estimate of drug-likeness (QED) is 0.325. The fourth-order valence-electron chi connectivity index (χ4n) is 3.78. The highest BCUT2D eigenvalue weighted by molar-refractivity contribution is 7.89. The first-order valence-electron chi connectivity index (χ1n) is 12.2. The Labute approximate surface area is 208 Å². The summed E-state index contributed by atoms with van der Waals surface area (Å²) in [7, 11) is -3.55. The Morgan fingerprint density at radius 2 is 1.63 bits per heavy atom. The summed E-state index contributed by atoms with van der Waals surface area (Å²) in [6.07, 6.45) is 0.558. The largest absolute Gasteiger partial charge is 0.390 e. The monoisotopic (exact) mass is 507 g/mol. The number of nitrogens with zero attached hydrogens (tertiary/aromatic N) is 1. The van der Waals surface area contributed by atoms with Gasteiger partial charge in [0.2, 0.25) is 15.9 Å². The summed E-state index contributed by atoms with van der Waals surface area (Å²) >= 11 is 0. The van der Waals surface area contributed by atoms with Crippen LogP contribution in [0.2, 0.25) is 0 Å². The minimum atomic E-state index is -3.55. The van der Waals surface area contributed by atoms with Crippen molar-refractivity contribution < 1.29 is 22.7 Å². The highest BCUT2D eigenvalue weighted by Crippen LogP contribution is 2.10. The molecule has 0 saturated heterocycles. The van der Waals surface area contributed by atoms with Gasteiger partial charge < -0.3 is 15.7 Å². The van der Waals surface area contributed by atoms with Gasteiger partial charge in [-0.15, -0.1) is 0 Å². The van der Waals surface area contributed by atoms with E-state index in [2.05, 4.69) is 10.6 Å². The summed E-state index contributed by atoms with van der Waals surface area (Å²) in [5, 5.41) is 16.8. The summed E-state index contributed by atoms with van der Waals surface area (Å²) in [6.45, 7) is 5.46. The van der Waals surface area contributed by atoms with Crippen LogP contribution in [0.25, 0.3) is 0 Å². The Kier molecular flexibility index (Phi) is 12.3. The highest BCUT2D eigenvalue weighted by atomic mass is 32.2. The van der Waals surface area contributed by atoms with Crippen LogP contribution >= 0.6 is 0 Å². The molecule has 0 aliphatic rings. The van der Waals surface area contributed by atoms with Crippen LogP contribution in [-0.4, -0.2) is 61.3 Å². The standard InChI is InChI=1S/C26H38FN3O4S/c1-3-15-30(16-4-2)35(33,34)17-14-26(32)29-24(18-21-10-12-23(27)13-11-21)25(31)20-28-19-22-8-6-5-7-9-22/h5-13,24-25,28,31H,3-4,14-20H2,1-2H3,(H,29,32)/t24-,25+/m0/s1. The van der Waals surface area contributed by atoms with Gasteiger partial charge in [0.05, 0.1) is 17.9 Å². The van der Waals surface area contributed by atoms with Gasteiger partial charge in [-0.1, -0.05) is 56.3 Å². The molecule has 194 valence electrons. The first-order chi connectivity index (χ1) is 16.7. The lowest BCUT2D eigenvalue weighted by Gasteiger charge is -2.25. The van der Waals surface area contributed by atoms with E-state index in [0.717, 1.165) is 11.1 Å². The van der Waals surface area contributed by atoms with E-state index in [1.54, 1.807) is 12.1 Å². The van der Waals surface area contributed by atoms with E-state index in [-0.39, 0.29) is 31.0 Å². The Morgan fingerprint density at radius 3 is 2.23 bits per heavy atom. The van der Waals surface area contributed by atoms with Crippen LogP contribution in [0.4, 0.5) is 4.39 Å². The molecule has 0 bridgehead atoms. The number of benzene rings is 2. The summed E-state index contributed by atoms with van der Waals surface area (Å²) < 4.78 is 40.1. The van der Waals surface area contributed by atoms with Crippen LogP contribution < -0.4 is 10.6 Å². The molecule has 0 unspecified atom stereocenters. The lowest BCUT2D eigenvalue weighted by molar-refractivity contribution is -0.122. The van der Waals surface area contributed by atoms with Crippen molar-refractivity contribution in [2.75, 3.05) is 25.4 Å². The van der Waals surface area contributed by atoms with Crippen molar-refractivity contribution in [2.24, 2.45) is 0 Å². The van der Waals surface area contributed by atoms with E-state index < -0.39 is 28.1 Å². The van der Waals surface area contributed by atoms with E-state index in [4.69, 9.17) is 0 Å². The van der Waals surface area contributed by atoms with Crippen molar-refractivity contribution in [3.05, 3.63) is 71.5 Å². The molecule has 7 nitrogen and oxygen atoms in total. The van der Waals surface area contributed by atoms with Gasteiger partial charge in [0, 0.05) is 32.6 Å². The predicted octanol–water partition coefficient (Wildman–Crippen LogP) is 2.85. The maximum atomic E-state index is 13.3. The molecule has 0 aromatic heterocycles. The Morgan fingerprint density at radius 1 is 1.00 bits per heavy atom. The smallest absolute Gasteiger partial charge is 0.221 e. The van der Waals surface area contributed by atoms with Crippen LogP contribution in [-0.2, 0) is 27.8 Å². The van der Waals surface area contributed by atoms with Gasteiger partial charge in [0.25, 0.3) is 0 Å². The number of hydrogen-bond acceptors (Lipinski definition) is 5. The zero-order chi connectivity index (χ0) is 25.7. The van der Waals surface area contributed by atoms with Gasteiger partial charge >= 0.3 is 0 Å². The second-order valence-electron chi connectivity index (χ2n) is 8.65. The van der Waals surface area contributed by atoms with Crippen molar-refractivity contribution in [3.8, 4) is 0 Å². The SMILES string of the molecule is CCCN(CCC)S(=O)(=O)CCC(=O)N[C@@H](Cc1ccc(F)cc1)[C@H](O)CNCc1ccccc1. The van der Waals surface area contributed by atoms with Crippen LogP contribution in [0.5, 0.6) is 0 Å². The first kappa shape index (κ1) is 28.9. The number of carbonyl (C=O) groups excluding carboxylic acids is 1. The number of nitrogens with one attached hydrogen (secondary N) is 2. The number of hydrogen-bond donors (Lipinski definition) is 3.